The van der Waals surface area contributed by atoms with E-state index >= 15 is 0 Å². The summed E-state index contributed by atoms with van der Waals surface area (Å²) in [4.78, 5) is 37.0. The summed E-state index contributed by atoms with van der Waals surface area (Å²) in [5, 5.41) is 10.4. The van der Waals surface area contributed by atoms with Crippen molar-refractivity contribution in [1.82, 2.24) is 5.32 Å². The minimum Gasteiger partial charge on any atom is -0.475 e. The van der Waals surface area contributed by atoms with Gasteiger partial charge < -0.3 is 20.3 Å². The van der Waals surface area contributed by atoms with E-state index in [0.717, 1.165) is 21.6 Å². The van der Waals surface area contributed by atoms with Gasteiger partial charge in [0, 0.05) is 12.5 Å². The second kappa shape index (κ2) is 16.4. The number of carboxylic acid groups (broad SMARTS) is 1. The van der Waals surface area contributed by atoms with Crippen LogP contribution >= 0.6 is 0 Å². The van der Waals surface area contributed by atoms with Crippen LogP contribution in [-0.2, 0) is 25.5 Å². The summed E-state index contributed by atoms with van der Waals surface area (Å²) in [5.41, 5.74) is 9.70. The van der Waals surface area contributed by atoms with Crippen LogP contribution in [0.15, 0.2) is 84.9 Å². The highest BCUT2D eigenvalue weighted by Crippen LogP contribution is 2.31. The van der Waals surface area contributed by atoms with E-state index in [0.29, 0.717) is 31.7 Å². The van der Waals surface area contributed by atoms with Crippen molar-refractivity contribution < 1.29 is 42.1 Å². The molecule has 0 aromatic heterocycles. The summed E-state index contributed by atoms with van der Waals surface area (Å²) in [7, 11) is 1.26. The highest BCUT2D eigenvalue weighted by atomic mass is 19.4. The lowest BCUT2D eigenvalue weighted by molar-refractivity contribution is -0.192. The van der Waals surface area contributed by atoms with Crippen LogP contribution in [0.5, 0.6) is 0 Å². The number of aryl methyl sites for hydroxylation is 1. The Morgan fingerprint density at radius 1 is 1.04 bits per heavy atom. The molecule has 1 aliphatic rings. The van der Waals surface area contributed by atoms with Gasteiger partial charge in [0.05, 0.1) is 37.6 Å². The van der Waals surface area contributed by atoms with E-state index in [2.05, 4.69) is 11.2 Å². The van der Waals surface area contributed by atoms with Crippen LogP contribution in [-0.4, -0.2) is 67.7 Å². The molecule has 3 atom stereocenters. The number of halogens is 3. The Balaban J connectivity index is 0.000000707. The highest BCUT2D eigenvalue weighted by molar-refractivity contribution is 6.15. The molecule has 4 N–H and O–H groups in total. The standard InChI is InChI=1S/C31H33N3O4.C2HF3O2/c1-3-25-21-38-26(20-33-25)19-18-22-12-10-11-17-27(22)34(31(36)37-2)30(35)29(32)28(23-13-6-4-7-14-23)24-15-8-5-9-16-24;3-2(4,5)1(6)7/h1,4-17,25-26,28-29,33H,18-21,32H2,2H3;(H,6,7)/t25-,26-,29+;/m1./s1. The van der Waals surface area contributed by atoms with Crippen LogP contribution < -0.4 is 16.0 Å². The molecule has 0 unspecified atom stereocenters. The van der Waals surface area contributed by atoms with E-state index in [1.807, 2.05) is 72.8 Å². The zero-order valence-corrected chi connectivity index (χ0v) is 24.4. The molecule has 1 aliphatic heterocycles. The molecule has 1 fully saturated rings. The molecule has 3 aromatic rings. The summed E-state index contributed by atoms with van der Waals surface area (Å²) < 4.78 is 42.7. The molecule has 12 heteroatoms. The first-order chi connectivity index (χ1) is 21.5. The molecule has 0 aliphatic carbocycles. The molecule has 1 saturated heterocycles. The number of carboxylic acids is 1. The average Bonchev–Trinajstić information content (AvgIpc) is 3.05. The number of anilines is 1. The van der Waals surface area contributed by atoms with E-state index < -0.39 is 36.1 Å². The Morgan fingerprint density at radius 2 is 1.58 bits per heavy atom. The fraction of sp³-hybridized carbons (Fsp3) is 0.303. The van der Waals surface area contributed by atoms with E-state index in [1.54, 1.807) is 12.1 Å². The quantitative estimate of drug-likeness (QED) is 0.312. The number of hydrogen-bond donors (Lipinski definition) is 3. The Hall–Kier alpha value is -4.70. The smallest absolute Gasteiger partial charge is 0.475 e. The lowest BCUT2D eigenvalue weighted by atomic mass is 9.84. The molecule has 0 saturated carbocycles. The minimum absolute atomic E-state index is 0.0299. The van der Waals surface area contributed by atoms with Crippen molar-refractivity contribution in [3.63, 3.8) is 0 Å². The Morgan fingerprint density at radius 3 is 2.04 bits per heavy atom. The SMILES string of the molecule is C#C[C@@H]1CO[C@H](CCc2ccccc2N(C(=O)OC)C(=O)[C@@H](N)C(c2ccccc2)c2ccccc2)CN1.O=C(O)C(F)(F)F. The summed E-state index contributed by atoms with van der Waals surface area (Å²) in [6, 6.07) is 25.4. The fourth-order valence-electron chi connectivity index (χ4n) is 4.79. The topological polar surface area (TPSA) is 131 Å². The highest BCUT2D eigenvalue weighted by Gasteiger charge is 2.38. The predicted octanol–water partition coefficient (Wildman–Crippen LogP) is 4.50. The number of nitrogens with two attached hydrogens (primary N) is 1. The lowest BCUT2D eigenvalue weighted by Gasteiger charge is -2.30. The largest absolute Gasteiger partial charge is 0.490 e. The average molecular weight is 626 g/mol. The summed E-state index contributed by atoms with van der Waals surface area (Å²) in [6.07, 6.45) is 0.844. The first kappa shape index (κ1) is 34.8. The number of methoxy groups -OCH3 is 1. The molecule has 45 heavy (non-hydrogen) atoms. The van der Waals surface area contributed by atoms with Gasteiger partial charge in [0.25, 0.3) is 5.91 Å². The number of nitrogens with zero attached hydrogens (tertiary/aromatic N) is 1. The maximum Gasteiger partial charge on any atom is 0.490 e. The van der Waals surface area contributed by atoms with Gasteiger partial charge in [0.15, 0.2) is 0 Å². The van der Waals surface area contributed by atoms with Gasteiger partial charge in [-0.15, -0.1) is 6.42 Å². The van der Waals surface area contributed by atoms with Crippen LogP contribution in [0.3, 0.4) is 0 Å². The molecular weight excluding hydrogens is 591 g/mol. The second-order valence-electron chi connectivity index (χ2n) is 10.0. The zero-order valence-electron chi connectivity index (χ0n) is 24.4. The van der Waals surface area contributed by atoms with Gasteiger partial charge in [0.2, 0.25) is 0 Å². The summed E-state index contributed by atoms with van der Waals surface area (Å²) in [6.45, 7) is 1.09. The van der Waals surface area contributed by atoms with Crippen LogP contribution in [0.2, 0.25) is 0 Å². The number of alkyl halides is 3. The number of terminal acetylenes is 1. The number of para-hydroxylation sites is 1. The maximum atomic E-state index is 14.0. The number of hydrogen-bond acceptors (Lipinski definition) is 7. The van der Waals surface area contributed by atoms with E-state index in [1.165, 1.54) is 7.11 Å². The van der Waals surface area contributed by atoms with Crippen LogP contribution in [0.25, 0.3) is 0 Å². The molecule has 9 nitrogen and oxygen atoms in total. The van der Waals surface area contributed by atoms with Gasteiger partial charge in [-0.3, -0.25) is 10.1 Å². The first-order valence-electron chi connectivity index (χ1n) is 13.9. The number of rotatable bonds is 8. The fourth-order valence-corrected chi connectivity index (χ4v) is 4.79. The molecule has 2 amide bonds. The van der Waals surface area contributed by atoms with Crippen molar-refractivity contribution >= 4 is 23.7 Å². The second-order valence-corrected chi connectivity index (χ2v) is 10.0. The van der Waals surface area contributed by atoms with Gasteiger partial charge in [-0.1, -0.05) is 84.8 Å². The first-order valence-corrected chi connectivity index (χ1v) is 13.9. The monoisotopic (exact) mass is 625 g/mol. The molecule has 3 aromatic carbocycles. The predicted molar refractivity (Wildman–Crippen MR) is 161 cm³/mol. The van der Waals surface area contributed by atoms with Gasteiger partial charge >= 0.3 is 18.2 Å². The molecule has 1 heterocycles. The van der Waals surface area contributed by atoms with Crippen molar-refractivity contribution in [1.29, 1.82) is 0 Å². The summed E-state index contributed by atoms with van der Waals surface area (Å²) in [5.74, 6) is -1.11. The minimum atomic E-state index is -5.08. The molecule has 238 valence electrons. The summed E-state index contributed by atoms with van der Waals surface area (Å²) >= 11 is 0. The lowest BCUT2D eigenvalue weighted by Crippen LogP contribution is -2.50. The molecular formula is C33H34F3N3O6. The van der Waals surface area contributed by atoms with Crippen molar-refractivity contribution in [3.05, 3.63) is 102 Å². The zero-order chi connectivity index (χ0) is 33.0. The van der Waals surface area contributed by atoms with Gasteiger partial charge in [-0.25, -0.2) is 14.5 Å². The van der Waals surface area contributed by atoms with Crippen LogP contribution in [0.1, 0.15) is 29.0 Å². The van der Waals surface area contributed by atoms with Gasteiger partial charge in [-0.05, 0) is 35.6 Å². The molecule has 0 bridgehead atoms. The van der Waals surface area contributed by atoms with Crippen LogP contribution in [0, 0.1) is 12.3 Å². The Kier molecular flexibility index (Phi) is 12.7. The number of carbonyl (C=O) groups is 3. The number of amides is 2. The number of aliphatic carboxylic acids is 1. The van der Waals surface area contributed by atoms with Crippen molar-refractivity contribution in [2.75, 3.05) is 25.2 Å². The number of morpholine rings is 1. The van der Waals surface area contributed by atoms with Gasteiger partial charge in [-0.2, -0.15) is 13.2 Å². The third-order valence-electron chi connectivity index (χ3n) is 7.04. The van der Waals surface area contributed by atoms with E-state index in [4.69, 9.17) is 31.5 Å². The van der Waals surface area contributed by atoms with Crippen LogP contribution in [0.4, 0.5) is 23.7 Å². The number of nitrogens with one attached hydrogen (secondary N) is 1. The molecule has 4 rings (SSSR count). The number of imide groups is 1. The van der Waals surface area contributed by atoms with E-state index in [-0.39, 0.29) is 12.1 Å². The number of carbonyl (C=O) groups excluding carboxylic acids is 2. The molecule has 0 spiro atoms. The normalized spacial score (nSPS) is 16.8. The van der Waals surface area contributed by atoms with E-state index in [9.17, 15) is 22.8 Å². The third kappa shape index (κ3) is 9.64. The maximum absolute atomic E-state index is 14.0. The van der Waals surface area contributed by atoms with Crippen molar-refractivity contribution in [2.45, 2.75) is 43.1 Å². The van der Waals surface area contributed by atoms with Crippen molar-refractivity contribution in [3.8, 4) is 12.3 Å². The number of ether oxygens (including phenoxy) is 2. The number of benzene rings is 3. The Bertz CT molecular complexity index is 1420. The Labute approximate surface area is 259 Å². The third-order valence-corrected chi connectivity index (χ3v) is 7.04. The van der Waals surface area contributed by atoms with Crippen molar-refractivity contribution in [2.24, 2.45) is 5.73 Å². The molecule has 0 radical (unpaired) electrons. The van der Waals surface area contributed by atoms with Gasteiger partial charge in [0.1, 0.15) is 0 Å².